The lowest BCUT2D eigenvalue weighted by Gasteiger charge is -2.50. The summed E-state index contributed by atoms with van der Waals surface area (Å²) >= 11 is 1.80. The van der Waals surface area contributed by atoms with Gasteiger partial charge in [-0.2, -0.15) is 0 Å². The number of hydrogen-bond donors (Lipinski definition) is 0. The van der Waals surface area contributed by atoms with Gasteiger partial charge in [-0.05, 0) is 117 Å². The molecule has 3 aromatic carbocycles. The van der Waals surface area contributed by atoms with Crippen LogP contribution in [-0.4, -0.2) is 12.0 Å². The zero-order valence-corrected chi connectivity index (χ0v) is 21.7. The predicted octanol–water partition coefficient (Wildman–Crippen LogP) is 8.89. The molecule has 0 saturated heterocycles. The number of halogens is 2. The van der Waals surface area contributed by atoms with Gasteiger partial charge >= 0.3 is 0 Å². The van der Waals surface area contributed by atoms with Gasteiger partial charge in [0.15, 0.2) is 0 Å². The van der Waals surface area contributed by atoms with Crippen molar-refractivity contribution in [2.45, 2.75) is 67.8 Å². The number of benzene rings is 3. The fourth-order valence-corrected chi connectivity index (χ4v) is 7.93. The van der Waals surface area contributed by atoms with E-state index in [1.165, 1.54) is 28.8 Å². The molecule has 9 rings (SSSR count). The Bertz CT molecular complexity index is 1260. The SMILES string of the molecule is Cc1ccc(N=CC2C(CCSc3ccc(F)cc3)CCc3cc4ccc3C23CCC4(F)CC3)cc1. The van der Waals surface area contributed by atoms with Crippen LogP contribution in [0.2, 0.25) is 0 Å². The molecule has 0 aromatic heterocycles. The summed E-state index contributed by atoms with van der Waals surface area (Å²) in [6.07, 6.45) is 8.36. The lowest BCUT2D eigenvalue weighted by atomic mass is 9.54. The highest BCUT2D eigenvalue weighted by Crippen LogP contribution is 2.59. The van der Waals surface area contributed by atoms with Crippen LogP contribution in [0.4, 0.5) is 14.5 Å². The minimum atomic E-state index is -1.19. The maximum atomic E-state index is 16.0. The second-order valence-electron chi connectivity index (χ2n) is 11.0. The Kier molecular flexibility index (Phi) is 6.27. The molecule has 0 radical (unpaired) electrons. The van der Waals surface area contributed by atoms with Crippen molar-refractivity contribution in [2.24, 2.45) is 16.8 Å². The van der Waals surface area contributed by atoms with Crippen LogP contribution in [0, 0.1) is 24.6 Å². The molecule has 36 heavy (non-hydrogen) atoms. The van der Waals surface area contributed by atoms with E-state index in [2.05, 4.69) is 55.6 Å². The molecule has 2 unspecified atom stereocenters. The zero-order chi connectivity index (χ0) is 24.8. The van der Waals surface area contributed by atoms with Crippen LogP contribution in [-0.2, 0) is 17.5 Å². The highest BCUT2D eigenvalue weighted by atomic mass is 32.2. The molecule has 1 fully saturated rings. The second-order valence-corrected chi connectivity index (χ2v) is 12.2. The summed E-state index contributed by atoms with van der Waals surface area (Å²) < 4.78 is 29.4. The Hall–Kier alpha value is -2.46. The van der Waals surface area contributed by atoms with Crippen molar-refractivity contribution in [2.75, 3.05) is 5.75 Å². The van der Waals surface area contributed by atoms with Crippen LogP contribution in [0.5, 0.6) is 0 Å². The van der Waals surface area contributed by atoms with Gasteiger partial charge in [-0.1, -0.05) is 35.9 Å². The molecule has 0 N–H and O–H groups in total. The summed E-state index contributed by atoms with van der Waals surface area (Å²) in [5.41, 5.74) is 4.67. The lowest BCUT2D eigenvalue weighted by Crippen LogP contribution is -2.47. The molecule has 1 saturated carbocycles. The molecular formula is C32H33F2NS. The number of aryl methyl sites for hydroxylation is 2. The van der Waals surface area contributed by atoms with Gasteiger partial charge < -0.3 is 0 Å². The first-order valence-electron chi connectivity index (χ1n) is 13.3. The molecule has 4 heteroatoms. The summed E-state index contributed by atoms with van der Waals surface area (Å²) in [5, 5.41) is 0. The standard InChI is InChI=1S/C32H33F2NS/c1-22-2-9-27(10-3-22)35-21-30-23(14-19-36-28-11-7-26(33)8-12-28)4-5-24-20-25-6-13-29(24)31(30)15-17-32(25,34)18-16-31/h2-3,6-13,20-21,23,30H,4-5,14-19H2,1H3. The number of aliphatic imine (C=N–C) groups is 1. The van der Waals surface area contributed by atoms with E-state index in [1.807, 2.05) is 12.1 Å². The highest BCUT2D eigenvalue weighted by molar-refractivity contribution is 7.99. The summed E-state index contributed by atoms with van der Waals surface area (Å²) in [4.78, 5) is 6.13. The third kappa shape index (κ3) is 4.32. The van der Waals surface area contributed by atoms with Gasteiger partial charge in [-0.3, -0.25) is 4.99 Å². The van der Waals surface area contributed by atoms with E-state index in [0.29, 0.717) is 18.8 Å². The van der Waals surface area contributed by atoms with Crippen molar-refractivity contribution >= 4 is 23.7 Å². The molecule has 2 atom stereocenters. The highest BCUT2D eigenvalue weighted by Gasteiger charge is 2.53. The fourth-order valence-electron chi connectivity index (χ4n) is 6.94. The zero-order valence-electron chi connectivity index (χ0n) is 20.9. The van der Waals surface area contributed by atoms with Crippen LogP contribution >= 0.6 is 11.8 Å². The van der Waals surface area contributed by atoms with Crippen molar-refractivity contribution < 1.29 is 8.78 Å². The minimum Gasteiger partial charge on any atom is -0.261 e. The molecule has 3 aromatic rings. The van der Waals surface area contributed by atoms with Crippen LogP contribution < -0.4 is 0 Å². The fraction of sp³-hybridized carbons (Fsp3) is 0.406. The molecule has 0 aliphatic heterocycles. The molecule has 1 nitrogen and oxygen atoms in total. The van der Waals surface area contributed by atoms with E-state index in [0.717, 1.165) is 54.0 Å². The number of nitrogens with zero attached hydrogens (tertiary/aromatic N) is 1. The minimum absolute atomic E-state index is 0.0558. The smallest absolute Gasteiger partial charge is 0.136 e. The maximum Gasteiger partial charge on any atom is 0.136 e. The van der Waals surface area contributed by atoms with Gasteiger partial charge in [0.1, 0.15) is 11.5 Å². The number of alkyl halides is 1. The van der Waals surface area contributed by atoms with Crippen molar-refractivity contribution in [1.29, 1.82) is 0 Å². The monoisotopic (exact) mass is 501 g/mol. The second kappa shape index (κ2) is 9.45. The molecule has 1 spiro atoms. The van der Waals surface area contributed by atoms with E-state index in [4.69, 9.17) is 4.99 Å². The molecule has 0 amide bonds. The summed E-state index contributed by atoms with van der Waals surface area (Å²) in [7, 11) is 0. The maximum absolute atomic E-state index is 16.0. The molecule has 6 aliphatic rings. The largest absolute Gasteiger partial charge is 0.261 e. The third-order valence-electron chi connectivity index (χ3n) is 9.01. The Labute approximate surface area is 217 Å². The molecule has 186 valence electrons. The van der Waals surface area contributed by atoms with Gasteiger partial charge in [0, 0.05) is 22.4 Å². The van der Waals surface area contributed by atoms with Gasteiger partial charge in [0.2, 0.25) is 0 Å². The van der Waals surface area contributed by atoms with E-state index in [-0.39, 0.29) is 17.2 Å². The van der Waals surface area contributed by atoms with Crippen molar-refractivity contribution in [1.82, 2.24) is 0 Å². The predicted molar refractivity (Wildman–Crippen MR) is 146 cm³/mol. The van der Waals surface area contributed by atoms with Crippen LogP contribution in [0.3, 0.4) is 0 Å². The van der Waals surface area contributed by atoms with Crippen LogP contribution in [0.25, 0.3) is 0 Å². The Balaban J connectivity index is 1.34. The van der Waals surface area contributed by atoms with Gasteiger partial charge in [-0.25, -0.2) is 8.78 Å². The number of rotatable bonds is 6. The van der Waals surface area contributed by atoms with Crippen molar-refractivity contribution in [3.05, 3.63) is 94.8 Å². The summed E-state index contributed by atoms with van der Waals surface area (Å²) in [5.74, 6) is 1.52. The summed E-state index contributed by atoms with van der Waals surface area (Å²) in [6, 6.07) is 21.7. The summed E-state index contributed by atoms with van der Waals surface area (Å²) in [6.45, 7) is 2.09. The Morgan fingerprint density at radius 1 is 0.972 bits per heavy atom. The van der Waals surface area contributed by atoms with E-state index in [1.54, 1.807) is 11.8 Å². The number of hydrogen-bond acceptors (Lipinski definition) is 2. The average molecular weight is 502 g/mol. The normalized spacial score (nSPS) is 28.8. The van der Waals surface area contributed by atoms with Crippen LogP contribution in [0.1, 0.15) is 60.8 Å². The first kappa shape index (κ1) is 23.9. The first-order valence-corrected chi connectivity index (χ1v) is 14.3. The van der Waals surface area contributed by atoms with Crippen LogP contribution in [0.15, 0.2) is 76.6 Å². The van der Waals surface area contributed by atoms with Gasteiger partial charge in [-0.15, -0.1) is 11.8 Å². The quantitative estimate of drug-likeness (QED) is 0.243. The first-order chi connectivity index (χ1) is 17.5. The van der Waals surface area contributed by atoms with Crippen molar-refractivity contribution in [3.8, 4) is 0 Å². The molecule has 0 heterocycles. The Morgan fingerprint density at radius 2 is 1.72 bits per heavy atom. The van der Waals surface area contributed by atoms with E-state index >= 15 is 4.39 Å². The lowest BCUT2D eigenvalue weighted by molar-refractivity contribution is 0.0439. The molecular weight excluding hydrogens is 468 g/mol. The van der Waals surface area contributed by atoms with E-state index in [9.17, 15) is 4.39 Å². The van der Waals surface area contributed by atoms with Gasteiger partial charge in [0.25, 0.3) is 0 Å². The topological polar surface area (TPSA) is 12.4 Å². The molecule has 5 bridgehead atoms. The van der Waals surface area contributed by atoms with E-state index < -0.39 is 5.67 Å². The Morgan fingerprint density at radius 3 is 2.47 bits per heavy atom. The van der Waals surface area contributed by atoms with Crippen molar-refractivity contribution in [3.63, 3.8) is 0 Å². The number of thioether (sulfide) groups is 1. The molecule has 6 aliphatic carbocycles. The van der Waals surface area contributed by atoms with Gasteiger partial charge in [0.05, 0.1) is 5.69 Å². The third-order valence-corrected chi connectivity index (χ3v) is 10.1. The average Bonchev–Trinajstić information content (AvgIpc) is 3.02.